The molecule has 1 aromatic carbocycles. The molecule has 142 valence electrons. The van der Waals surface area contributed by atoms with Gasteiger partial charge in [-0.15, -0.1) is 24.0 Å². The van der Waals surface area contributed by atoms with Crippen molar-refractivity contribution in [2.24, 2.45) is 4.99 Å². The summed E-state index contributed by atoms with van der Waals surface area (Å²) in [7, 11) is 0. The lowest BCUT2D eigenvalue weighted by atomic mass is 9.99. The van der Waals surface area contributed by atoms with Crippen LogP contribution in [0.4, 0.5) is 5.69 Å². The molecule has 0 fully saturated rings. The van der Waals surface area contributed by atoms with E-state index in [1.165, 1.54) is 17.4 Å². The fourth-order valence-electron chi connectivity index (χ4n) is 2.26. The first-order valence-corrected chi connectivity index (χ1v) is 8.88. The van der Waals surface area contributed by atoms with E-state index in [4.69, 9.17) is 0 Å². The molecule has 2 rings (SSSR count). The Balaban J connectivity index is 0.00000338. The van der Waals surface area contributed by atoms with Gasteiger partial charge < -0.3 is 15.7 Å². The lowest BCUT2D eigenvalue weighted by Gasteiger charge is -2.24. The van der Waals surface area contributed by atoms with E-state index in [-0.39, 0.29) is 42.8 Å². The second-order valence-electron chi connectivity index (χ2n) is 5.72. The first-order chi connectivity index (χ1) is 11.9. The van der Waals surface area contributed by atoms with E-state index in [1.807, 2.05) is 23.8 Å². The van der Waals surface area contributed by atoms with Crippen LogP contribution in [0.5, 0.6) is 0 Å². The molecular weight excluding hydrogens is 467 g/mol. The summed E-state index contributed by atoms with van der Waals surface area (Å²) in [6.45, 7) is 4.75. The summed E-state index contributed by atoms with van der Waals surface area (Å²) in [4.78, 5) is 15.1. The highest BCUT2D eigenvalue weighted by atomic mass is 127. The van der Waals surface area contributed by atoms with Gasteiger partial charge in [0.15, 0.2) is 5.96 Å². The molecular formula is C17H23IN4O3S. The average molecular weight is 490 g/mol. The number of rotatable bonds is 7. The van der Waals surface area contributed by atoms with Gasteiger partial charge in [0.25, 0.3) is 5.69 Å². The predicted molar refractivity (Wildman–Crippen MR) is 115 cm³/mol. The topological polar surface area (TPSA) is 99.8 Å². The standard InChI is InChI=1S/C17H22N4O3S.HI/c1-3-18-16(20-12-17(2,22)14-8-9-25-11-14)19-10-13-6-4-5-7-15(13)21(23)24;/h4-9,11,22H,3,10,12H2,1-2H3,(H2,18,19,20);1H. The molecule has 0 aliphatic rings. The van der Waals surface area contributed by atoms with Crippen molar-refractivity contribution < 1.29 is 10.0 Å². The van der Waals surface area contributed by atoms with E-state index in [0.29, 0.717) is 18.1 Å². The molecule has 0 saturated heterocycles. The number of halogens is 1. The van der Waals surface area contributed by atoms with Gasteiger partial charge in [-0.3, -0.25) is 10.1 Å². The number of aliphatic hydroxyl groups is 1. The van der Waals surface area contributed by atoms with E-state index in [2.05, 4.69) is 15.6 Å². The number of nitro benzene ring substituents is 1. The molecule has 1 unspecified atom stereocenters. The smallest absolute Gasteiger partial charge is 0.274 e. The van der Waals surface area contributed by atoms with Crippen molar-refractivity contribution in [3.63, 3.8) is 0 Å². The molecule has 0 aliphatic carbocycles. The third-order valence-electron chi connectivity index (χ3n) is 3.68. The Morgan fingerprint density at radius 1 is 1.35 bits per heavy atom. The van der Waals surface area contributed by atoms with Gasteiger partial charge in [0.2, 0.25) is 0 Å². The van der Waals surface area contributed by atoms with Gasteiger partial charge in [-0.25, -0.2) is 4.99 Å². The largest absolute Gasteiger partial charge is 0.384 e. The van der Waals surface area contributed by atoms with Crippen LogP contribution in [0.3, 0.4) is 0 Å². The SMILES string of the molecule is CCNC(=NCc1ccccc1[N+](=O)[O-])NCC(C)(O)c1ccsc1.I. The summed E-state index contributed by atoms with van der Waals surface area (Å²) < 4.78 is 0. The molecule has 9 heteroatoms. The maximum atomic E-state index is 11.1. The molecule has 1 atom stereocenters. The molecule has 26 heavy (non-hydrogen) atoms. The Bertz CT molecular complexity index is 735. The zero-order chi connectivity index (χ0) is 18.3. The van der Waals surface area contributed by atoms with Crippen LogP contribution in [0.25, 0.3) is 0 Å². The Labute approximate surface area is 173 Å². The molecule has 1 aromatic heterocycles. The Hall–Kier alpha value is -1.72. The second-order valence-corrected chi connectivity index (χ2v) is 6.50. The summed E-state index contributed by atoms with van der Waals surface area (Å²) in [5.74, 6) is 0.496. The number of guanidine groups is 1. The molecule has 0 radical (unpaired) electrons. The van der Waals surface area contributed by atoms with Crippen LogP contribution in [0.2, 0.25) is 0 Å². The number of nitrogens with one attached hydrogen (secondary N) is 2. The lowest BCUT2D eigenvalue weighted by Crippen LogP contribution is -2.44. The fraction of sp³-hybridized carbons (Fsp3) is 0.353. The highest BCUT2D eigenvalue weighted by Crippen LogP contribution is 2.22. The van der Waals surface area contributed by atoms with Gasteiger partial charge >= 0.3 is 0 Å². The van der Waals surface area contributed by atoms with Crippen molar-refractivity contribution in [1.29, 1.82) is 0 Å². The van der Waals surface area contributed by atoms with E-state index in [9.17, 15) is 15.2 Å². The van der Waals surface area contributed by atoms with Crippen LogP contribution in [-0.2, 0) is 12.1 Å². The van der Waals surface area contributed by atoms with Crippen molar-refractivity contribution in [3.8, 4) is 0 Å². The van der Waals surface area contributed by atoms with Gasteiger partial charge in [-0.2, -0.15) is 11.3 Å². The molecule has 0 spiro atoms. The molecule has 0 amide bonds. The van der Waals surface area contributed by atoms with E-state index in [1.54, 1.807) is 25.1 Å². The van der Waals surface area contributed by atoms with Gasteiger partial charge in [0.1, 0.15) is 5.60 Å². The quantitative estimate of drug-likeness (QED) is 0.182. The number of para-hydroxylation sites is 1. The summed E-state index contributed by atoms with van der Waals surface area (Å²) >= 11 is 1.53. The third kappa shape index (κ3) is 6.22. The Morgan fingerprint density at radius 3 is 2.69 bits per heavy atom. The van der Waals surface area contributed by atoms with E-state index < -0.39 is 10.5 Å². The van der Waals surface area contributed by atoms with Crippen LogP contribution in [0.1, 0.15) is 25.0 Å². The van der Waals surface area contributed by atoms with Crippen molar-refractivity contribution >= 4 is 47.0 Å². The molecule has 2 aromatic rings. The molecule has 3 N–H and O–H groups in total. The minimum Gasteiger partial charge on any atom is -0.384 e. The Kier molecular flexibility index (Phi) is 8.96. The van der Waals surface area contributed by atoms with Crippen molar-refractivity contribution in [3.05, 3.63) is 62.3 Å². The minimum absolute atomic E-state index is 0. The Morgan fingerprint density at radius 2 is 2.08 bits per heavy atom. The molecule has 0 saturated carbocycles. The van der Waals surface area contributed by atoms with Crippen LogP contribution >= 0.6 is 35.3 Å². The fourth-order valence-corrected chi connectivity index (χ4v) is 3.04. The van der Waals surface area contributed by atoms with Crippen LogP contribution in [0.15, 0.2) is 46.1 Å². The van der Waals surface area contributed by atoms with Crippen LogP contribution < -0.4 is 10.6 Å². The van der Waals surface area contributed by atoms with Crippen LogP contribution in [0, 0.1) is 10.1 Å². The highest BCUT2D eigenvalue weighted by molar-refractivity contribution is 14.0. The summed E-state index contributed by atoms with van der Waals surface area (Å²) in [5, 5.41) is 31.6. The highest BCUT2D eigenvalue weighted by Gasteiger charge is 2.23. The number of thiophene rings is 1. The summed E-state index contributed by atoms with van der Waals surface area (Å²) in [6.07, 6.45) is 0. The predicted octanol–water partition coefficient (Wildman–Crippen LogP) is 3.24. The number of aliphatic imine (C=N–C) groups is 1. The number of benzene rings is 1. The molecule has 7 nitrogen and oxygen atoms in total. The second kappa shape index (κ2) is 10.4. The normalized spacial score (nSPS) is 13.4. The van der Waals surface area contributed by atoms with Crippen LogP contribution in [-0.4, -0.2) is 29.1 Å². The number of nitro groups is 1. The summed E-state index contributed by atoms with van der Waals surface area (Å²) in [6, 6.07) is 8.41. The van der Waals surface area contributed by atoms with Gasteiger partial charge in [-0.05, 0) is 36.2 Å². The number of nitrogens with zero attached hydrogens (tertiary/aromatic N) is 2. The van der Waals surface area contributed by atoms with Crippen molar-refractivity contribution in [2.45, 2.75) is 26.0 Å². The van der Waals surface area contributed by atoms with Gasteiger partial charge in [0, 0.05) is 12.6 Å². The zero-order valence-corrected chi connectivity index (χ0v) is 17.8. The number of hydrogen-bond donors (Lipinski definition) is 3. The molecule has 0 bridgehead atoms. The van der Waals surface area contributed by atoms with Gasteiger partial charge in [0.05, 0.1) is 23.6 Å². The summed E-state index contributed by atoms with van der Waals surface area (Å²) in [5.41, 5.74) is 0.385. The lowest BCUT2D eigenvalue weighted by molar-refractivity contribution is -0.385. The first kappa shape index (κ1) is 22.3. The first-order valence-electron chi connectivity index (χ1n) is 7.93. The van der Waals surface area contributed by atoms with Crippen molar-refractivity contribution in [1.82, 2.24) is 10.6 Å². The average Bonchev–Trinajstić information content (AvgIpc) is 3.13. The zero-order valence-electron chi connectivity index (χ0n) is 14.6. The maximum absolute atomic E-state index is 11.1. The molecule has 0 aliphatic heterocycles. The number of hydrogen-bond acceptors (Lipinski definition) is 5. The van der Waals surface area contributed by atoms with Crippen molar-refractivity contribution in [2.75, 3.05) is 13.1 Å². The maximum Gasteiger partial charge on any atom is 0.274 e. The van der Waals surface area contributed by atoms with Gasteiger partial charge in [-0.1, -0.05) is 18.2 Å². The van der Waals surface area contributed by atoms with E-state index in [0.717, 1.165) is 5.56 Å². The monoisotopic (exact) mass is 490 g/mol. The molecule has 1 heterocycles. The minimum atomic E-state index is -1.03. The van der Waals surface area contributed by atoms with E-state index >= 15 is 0 Å². The third-order valence-corrected chi connectivity index (χ3v) is 4.37.